The molecule has 11 rings (SSSR count). The Morgan fingerprint density at radius 2 is 0.881 bits per heavy atom. The van der Waals surface area contributed by atoms with Crippen LogP contribution in [0, 0.1) is 0 Å². The monoisotopic (exact) mass is 753 g/mol. The quantitative estimate of drug-likeness (QED) is 0.154. The lowest BCUT2D eigenvalue weighted by atomic mass is 9.95. The molecule has 0 fully saturated rings. The molecule has 0 unspecified atom stereocenters. The summed E-state index contributed by atoms with van der Waals surface area (Å²) in [6, 6.07) is 80.9. The maximum Gasteiger partial charge on any atom is 0.143 e. The fourth-order valence-electron chi connectivity index (χ4n) is 8.89. The van der Waals surface area contributed by atoms with Crippen molar-refractivity contribution >= 4 is 54.9 Å². The molecule has 0 bridgehead atoms. The second kappa shape index (κ2) is 14.7. The molecule has 1 heterocycles. The summed E-state index contributed by atoms with van der Waals surface area (Å²) in [7, 11) is 0. The van der Waals surface area contributed by atoms with Crippen molar-refractivity contribution in [3.63, 3.8) is 0 Å². The van der Waals surface area contributed by atoms with Crippen molar-refractivity contribution < 1.29 is 4.42 Å². The molecule has 0 aliphatic heterocycles. The van der Waals surface area contributed by atoms with Gasteiger partial charge in [0.25, 0.3) is 0 Å². The molecular formula is C57H39NO. The average molecular weight is 754 g/mol. The first-order valence-corrected chi connectivity index (χ1v) is 20.3. The lowest BCUT2D eigenvalue weighted by Gasteiger charge is -2.29. The minimum absolute atomic E-state index is 0.633. The van der Waals surface area contributed by atoms with Gasteiger partial charge in [0.05, 0.1) is 0 Å². The highest BCUT2D eigenvalue weighted by molar-refractivity contribution is 6.17. The van der Waals surface area contributed by atoms with Crippen LogP contribution in [-0.4, -0.2) is 0 Å². The first-order chi connectivity index (χ1) is 29.3. The first-order valence-electron chi connectivity index (χ1n) is 20.3. The van der Waals surface area contributed by atoms with E-state index in [0.717, 1.165) is 49.8 Å². The molecule has 0 amide bonds. The summed E-state index contributed by atoms with van der Waals surface area (Å²) >= 11 is 0. The molecule has 2 nitrogen and oxygen atoms in total. The van der Waals surface area contributed by atoms with Crippen molar-refractivity contribution in [3.8, 4) is 44.5 Å². The Balaban J connectivity index is 1.07. The van der Waals surface area contributed by atoms with E-state index in [-0.39, 0.29) is 0 Å². The van der Waals surface area contributed by atoms with Crippen LogP contribution in [0.5, 0.6) is 0 Å². The maximum atomic E-state index is 6.89. The highest BCUT2D eigenvalue weighted by atomic mass is 16.3. The van der Waals surface area contributed by atoms with Crippen LogP contribution in [0.2, 0.25) is 0 Å². The van der Waals surface area contributed by atoms with Gasteiger partial charge in [-0.1, -0.05) is 200 Å². The fourth-order valence-corrected chi connectivity index (χ4v) is 8.89. The van der Waals surface area contributed by atoms with Crippen LogP contribution in [0.25, 0.3) is 88.0 Å². The number of anilines is 2. The SMILES string of the molecule is c1ccc(-c2ccc(-c3ccccc3N(Cc3ccccc3-c3cccc4c3oc3c5ccccc5ccc43)c3cccc(-c4cccc5ccccc45)c3)cc2)cc1. The van der Waals surface area contributed by atoms with Crippen LogP contribution in [-0.2, 0) is 6.54 Å². The molecule has 0 atom stereocenters. The number of rotatable bonds is 8. The smallest absolute Gasteiger partial charge is 0.143 e. The molecule has 278 valence electrons. The second-order valence-corrected chi connectivity index (χ2v) is 15.2. The van der Waals surface area contributed by atoms with E-state index in [1.807, 2.05) is 0 Å². The normalized spacial score (nSPS) is 11.5. The Morgan fingerprint density at radius 3 is 1.75 bits per heavy atom. The number of benzene rings is 10. The fraction of sp³-hybridized carbons (Fsp3) is 0.0175. The van der Waals surface area contributed by atoms with Gasteiger partial charge in [-0.2, -0.15) is 0 Å². The lowest BCUT2D eigenvalue weighted by molar-refractivity contribution is 0.673. The summed E-state index contributed by atoms with van der Waals surface area (Å²) in [5.74, 6) is 0. The molecule has 0 spiro atoms. The highest BCUT2D eigenvalue weighted by Crippen LogP contribution is 2.43. The van der Waals surface area contributed by atoms with Gasteiger partial charge >= 0.3 is 0 Å². The van der Waals surface area contributed by atoms with Crippen molar-refractivity contribution in [2.45, 2.75) is 6.54 Å². The third-order valence-corrected chi connectivity index (χ3v) is 11.8. The molecule has 0 radical (unpaired) electrons. The van der Waals surface area contributed by atoms with E-state index in [9.17, 15) is 0 Å². The van der Waals surface area contributed by atoms with Gasteiger partial charge in [0.1, 0.15) is 11.2 Å². The zero-order valence-electron chi connectivity index (χ0n) is 32.4. The maximum absolute atomic E-state index is 6.89. The van der Waals surface area contributed by atoms with E-state index in [1.54, 1.807) is 0 Å². The number of hydrogen-bond donors (Lipinski definition) is 0. The van der Waals surface area contributed by atoms with Crippen LogP contribution < -0.4 is 4.90 Å². The molecule has 0 saturated carbocycles. The summed E-state index contributed by atoms with van der Waals surface area (Å²) in [6.07, 6.45) is 0. The summed E-state index contributed by atoms with van der Waals surface area (Å²) < 4.78 is 6.89. The van der Waals surface area contributed by atoms with Gasteiger partial charge in [0.15, 0.2) is 0 Å². The molecule has 0 aliphatic rings. The topological polar surface area (TPSA) is 16.4 Å². The van der Waals surface area contributed by atoms with Crippen molar-refractivity contribution in [2.24, 2.45) is 0 Å². The molecule has 59 heavy (non-hydrogen) atoms. The highest BCUT2D eigenvalue weighted by Gasteiger charge is 2.21. The number of para-hydroxylation sites is 2. The number of furan rings is 1. The summed E-state index contributed by atoms with van der Waals surface area (Å²) in [5, 5.41) is 7.05. The van der Waals surface area contributed by atoms with Gasteiger partial charge < -0.3 is 9.32 Å². The molecular weight excluding hydrogens is 715 g/mol. The third-order valence-electron chi connectivity index (χ3n) is 11.8. The predicted molar refractivity (Wildman–Crippen MR) is 249 cm³/mol. The van der Waals surface area contributed by atoms with Crippen molar-refractivity contribution in [3.05, 3.63) is 230 Å². The van der Waals surface area contributed by atoms with Crippen molar-refractivity contribution in [1.29, 1.82) is 0 Å². The van der Waals surface area contributed by atoms with Gasteiger partial charge in [-0.25, -0.2) is 0 Å². The minimum atomic E-state index is 0.633. The molecule has 11 aromatic rings. The first kappa shape index (κ1) is 34.6. The Labute approximate surface area is 343 Å². The zero-order chi connectivity index (χ0) is 39.1. The largest absolute Gasteiger partial charge is 0.455 e. The van der Waals surface area contributed by atoms with E-state index < -0.39 is 0 Å². The van der Waals surface area contributed by atoms with Gasteiger partial charge in [-0.3, -0.25) is 0 Å². The van der Waals surface area contributed by atoms with Gasteiger partial charge in [0.2, 0.25) is 0 Å². The third kappa shape index (κ3) is 6.23. The van der Waals surface area contributed by atoms with Gasteiger partial charge in [0, 0.05) is 45.2 Å². The standard InChI is InChI=1S/C57H39NO/c1-2-15-39(16-3-1)40-31-33-43(34-32-40)50-25-10-11-30-55(50)58(46-22-12-21-44(37-46)48-27-13-20-41-17-4-7-23-47(41)48)38-45-19-6-8-24-49(45)52-28-14-29-53-54-36-35-42-18-5-9-26-51(42)56(54)59-57(52)53/h1-37H,38H2. The lowest BCUT2D eigenvalue weighted by Crippen LogP contribution is -2.18. The molecule has 0 aliphatic carbocycles. The number of fused-ring (bicyclic) bond motifs is 6. The molecule has 0 saturated heterocycles. The Kier molecular flexibility index (Phi) is 8.60. The second-order valence-electron chi connectivity index (χ2n) is 15.2. The van der Waals surface area contributed by atoms with Crippen LogP contribution in [0.15, 0.2) is 229 Å². The summed E-state index contributed by atoms with van der Waals surface area (Å²) in [6.45, 7) is 0.633. The van der Waals surface area contributed by atoms with Crippen molar-refractivity contribution in [2.75, 3.05) is 4.90 Å². The van der Waals surface area contributed by atoms with Crippen LogP contribution in [0.1, 0.15) is 5.56 Å². The van der Waals surface area contributed by atoms with Crippen LogP contribution in [0.4, 0.5) is 11.4 Å². The Morgan fingerprint density at radius 1 is 0.322 bits per heavy atom. The van der Waals surface area contributed by atoms with Crippen LogP contribution >= 0.6 is 0 Å². The predicted octanol–water partition coefficient (Wildman–Crippen LogP) is 15.9. The average Bonchev–Trinajstić information content (AvgIpc) is 3.71. The van der Waals surface area contributed by atoms with E-state index in [2.05, 4.69) is 229 Å². The molecule has 2 heteroatoms. The van der Waals surface area contributed by atoms with E-state index >= 15 is 0 Å². The van der Waals surface area contributed by atoms with Crippen LogP contribution in [0.3, 0.4) is 0 Å². The van der Waals surface area contributed by atoms with E-state index in [0.29, 0.717) is 6.54 Å². The molecule has 1 aromatic heterocycles. The Bertz CT molecular complexity index is 3300. The van der Waals surface area contributed by atoms with Gasteiger partial charge in [-0.05, 0) is 79.4 Å². The van der Waals surface area contributed by atoms with Gasteiger partial charge in [-0.15, -0.1) is 0 Å². The summed E-state index contributed by atoms with van der Waals surface area (Å²) in [4.78, 5) is 2.49. The van der Waals surface area contributed by atoms with E-state index in [1.165, 1.54) is 55.1 Å². The molecule has 10 aromatic carbocycles. The minimum Gasteiger partial charge on any atom is -0.455 e. The van der Waals surface area contributed by atoms with E-state index in [4.69, 9.17) is 4.42 Å². The number of hydrogen-bond acceptors (Lipinski definition) is 2. The molecule has 0 N–H and O–H groups in total. The summed E-state index contributed by atoms with van der Waals surface area (Å²) in [5.41, 5.74) is 14.7. The van der Waals surface area contributed by atoms with Crippen molar-refractivity contribution in [1.82, 2.24) is 0 Å². The zero-order valence-corrected chi connectivity index (χ0v) is 32.4. The Hall–Kier alpha value is -7.68. The number of nitrogens with zero attached hydrogens (tertiary/aromatic N) is 1.